The molecule has 0 aromatic heterocycles. The molecule has 0 saturated carbocycles. The first kappa shape index (κ1) is 13.4. The average Bonchev–Trinajstić information content (AvgIpc) is 2.19. The molecular weight excluding hydrogens is 250 g/mol. The maximum atomic E-state index is 11.8. The maximum absolute atomic E-state index is 11.8. The Morgan fingerprint density at radius 3 is 2.69 bits per heavy atom. The standard InChI is InChI=1S/C10H14ClNO3S/c1-7-3-4-9(11)5-10(7)16(14,15)12-6-8(2)13/h3-5,8,12-13H,6H2,1-2H3/t8-/m0/s1. The highest BCUT2D eigenvalue weighted by Crippen LogP contribution is 2.19. The van der Waals surface area contributed by atoms with Crippen molar-refractivity contribution in [2.24, 2.45) is 0 Å². The lowest BCUT2D eigenvalue weighted by atomic mass is 10.2. The van der Waals surface area contributed by atoms with E-state index < -0.39 is 16.1 Å². The number of hydrogen-bond donors (Lipinski definition) is 2. The molecule has 0 aliphatic heterocycles. The molecule has 0 spiro atoms. The number of sulfonamides is 1. The Morgan fingerprint density at radius 2 is 2.12 bits per heavy atom. The van der Waals surface area contributed by atoms with Gasteiger partial charge in [0.05, 0.1) is 11.0 Å². The van der Waals surface area contributed by atoms with Gasteiger partial charge in [-0.25, -0.2) is 13.1 Å². The second kappa shape index (κ2) is 5.14. The van der Waals surface area contributed by atoms with Crippen LogP contribution in [-0.4, -0.2) is 26.2 Å². The lowest BCUT2D eigenvalue weighted by Gasteiger charge is -2.10. The van der Waals surface area contributed by atoms with Crippen LogP contribution in [0, 0.1) is 6.92 Å². The summed E-state index contributed by atoms with van der Waals surface area (Å²) in [5.41, 5.74) is 0.613. The summed E-state index contributed by atoms with van der Waals surface area (Å²) < 4.78 is 26.0. The van der Waals surface area contributed by atoms with E-state index in [1.165, 1.54) is 13.0 Å². The molecule has 0 amide bonds. The zero-order chi connectivity index (χ0) is 12.3. The molecule has 2 N–H and O–H groups in total. The number of rotatable bonds is 4. The number of benzene rings is 1. The Bertz CT molecular complexity index is 471. The number of halogens is 1. The molecule has 1 aromatic carbocycles. The zero-order valence-corrected chi connectivity index (χ0v) is 10.6. The van der Waals surface area contributed by atoms with Gasteiger partial charge in [-0.2, -0.15) is 0 Å². The molecule has 4 nitrogen and oxygen atoms in total. The fourth-order valence-electron chi connectivity index (χ4n) is 1.17. The molecule has 6 heteroatoms. The summed E-state index contributed by atoms with van der Waals surface area (Å²) in [5.74, 6) is 0. The van der Waals surface area contributed by atoms with E-state index in [-0.39, 0.29) is 11.4 Å². The van der Waals surface area contributed by atoms with Crippen LogP contribution in [0.15, 0.2) is 23.1 Å². The molecule has 0 aliphatic carbocycles. The highest BCUT2D eigenvalue weighted by Gasteiger charge is 2.17. The first-order valence-corrected chi connectivity index (χ1v) is 6.63. The minimum Gasteiger partial charge on any atom is -0.392 e. The number of aliphatic hydroxyl groups is 1. The van der Waals surface area contributed by atoms with E-state index in [9.17, 15) is 8.42 Å². The lowest BCUT2D eigenvalue weighted by molar-refractivity contribution is 0.198. The lowest BCUT2D eigenvalue weighted by Crippen LogP contribution is -2.31. The monoisotopic (exact) mass is 263 g/mol. The van der Waals surface area contributed by atoms with Crippen molar-refractivity contribution in [1.82, 2.24) is 4.72 Å². The van der Waals surface area contributed by atoms with Gasteiger partial charge in [-0.05, 0) is 31.5 Å². The van der Waals surface area contributed by atoms with Crippen molar-refractivity contribution in [3.8, 4) is 0 Å². The molecule has 1 aromatic rings. The zero-order valence-electron chi connectivity index (χ0n) is 9.07. The van der Waals surface area contributed by atoms with Crippen LogP contribution < -0.4 is 4.72 Å². The van der Waals surface area contributed by atoms with Gasteiger partial charge in [0.25, 0.3) is 0 Å². The van der Waals surface area contributed by atoms with Crippen LogP contribution in [0.5, 0.6) is 0 Å². The molecule has 0 bridgehead atoms. The van der Waals surface area contributed by atoms with Crippen LogP contribution >= 0.6 is 11.6 Å². The van der Waals surface area contributed by atoms with Gasteiger partial charge in [-0.1, -0.05) is 17.7 Å². The first-order chi connectivity index (χ1) is 7.33. The minimum atomic E-state index is -3.60. The molecule has 0 saturated heterocycles. The normalized spacial score (nSPS) is 13.8. The summed E-state index contributed by atoms with van der Waals surface area (Å²) in [6.07, 6.45) is -0.728. The van der Waals surface area contributed by atoms with Gasteiger partial charge in [-0.3, -0.25) is 0 Å². The van der Waals surface area contributed by atoms with Crippen LogP contribution in [0.2, 0.25) is 5.02 Å². The van der Waals surface area contributed by atoms with Gasteiger partial charge < -0.3 is 5.11 Å². The fraction of sp³-hybridized carbons (Fsp3) is 0.400. The topological polar surface area (TPSA) is 66.4 Å². The average molecular weight is 264 g/mol. The van der Waals surface area contributed by atoms with Crippen molar-refractivity contribution in [2.75, 3.05) is 6.54 Å². The smallest absolute Gasteiger partial charge is 0.240 e. The van der Waals surface area contributed by atoms with Crippen molar-refractivity contribution >= 4 is 21.6 Å². The van der Waals surface area contributed by atoms with Crippen molar-refractivity contribution in [1.29, 1.82) is 0 Å². The van der Waals surface area contributed by atoms with Crippen molar-refractivity contribution in [3.05, 3.63) is 28.8 Å². The van der Waals surface area contributed by atoms with E-state index in [0.717, 1.165) is 0 Å². The van der Waals surface area contributed by atoms with E-state index in [4.69, 9.17) is 16.7 Å². The van der Waals surface area contributed by atoms with Crippen LogP contribution in [0.3, 0.4) is 0 Å². The molecule has 1 atom stereocenters. The number of hydrogen-bond acceptors (Lipinski definition) is 3. The number of nitrogens with one attached hydrogen (secondary N) is 1. The summed E-state index contributed by atoms with van der Waals surface area (Å²) in [6.45, 7) is 3.18. The van der Waals surface area contributed by atoms with Crippen LogP contribution in [0.1, 0.15) is 12.5 Å². The third-order valence-corrected chi connectivity index (χ3v) is 3.81. The van der Waals surface area contributed by atoms with Gasteiger partial charge >= 0.3 is 0 Å². The Balaban J connectivity index is 3.02. The van der Waals surface area contributed by atoms with E-state index in [0.29, 0.717) is 10.6 Å². The van der Waals surface area contributed by atoms with Gasteiger partial charge in [0.15, 0.2) is 0 Å². The molecule has 16 heavy (non-hydrogen) atoms. The molecule has 0 unspecified atom stereocenters. The van der Waals surface area contributed by atoms with Crippen molar-refractivity contribution in [3.63, 3.8) is 0 Å². The second-order valence-corrected chi connectivity index (χ2v) is 5.78. The van der Waals surface area contributed by atoms with Crippen LogP contribution in [0.25, 0.3) is 0 Å². The van der Waals surface area contributed by atoms with Gasteiger partial charge in [0.2, 0.25) is 10.0 Å². The summed E-state index contributed by atoms with van der Waals surface area (Å²) in [4.78, 5) is 0.139. The summed E-state index contributed by atoms with van der Waals surface area (Å²) in [6, 6.07) is 4.66. The fourth-order valence-corrected chi connectivity index (χ4v) is 2.80. The molecule has 1 rings (SSSR count). The van der Waals surface area contributed by atoms with E-state index in [1.807, 2.05) is 0 Å². The van der Waals surface area contributed by atoms with Crippen LogP contribution in [0.4, 0.5) is 0 Å². The van der Waals surface area contributed by atoms with Gasteiger partial charge in [0, 0.05) is 11.6 Å². The minimum absolute atomic E-state index is 0.0196. The van der Waals surface area contributed by atoms with Crippen LogP contribution in [-0.2, 0) is 10.0 Å². The second-order valence-electron chi connectivity index (χ2n) is 3.61. The summed E-state index contributed by atoms with van der Waals surface area (Å²) >= 11 is 5.74. The third kappa shape index (κ3) is 3.45. The predicted molar refractivity (Wildman–Crippen MR) is 63.1 cm³/mol. The predicted octanol–water partition coefficient (Wildman–Crippen LogP) is 1.31. The van der Waals surface area contributed by atoms with Crippen molar-refractivity contribution in [2.45, 2.75) is 24.8 Å². The molecule has 0 aliphatic rings. The van der Waals surface area contributed by atoms with Gasteiger partial charge in [-0.15, -0.1) is 0 Å². The highest BCUT2D eigenvalue weighted by molar-refractivity contribution is 7.89. The molecular formula is C10H14ClNO3S. The highest BCUT2D eigenvalue weighted by atomic mass is 35.5. The summed E-state index contributed by atoms with van der Waals surface area (Å²) in [7, 11) is -3.60. The third-order valence-electron chi connectivity index (χ3n) is 2.01. The van der Waals surface area contributed by atoms with Gasteiger partial charge in [0.1, 0.15) is 0 Å². The summed E-state index contributed by atoms with van der Waals surface area (Å²) in [5, 5.41) is 9.40. The van der Waals surface area contributed by atoms with E-state index in [1.54, 1.807) is 19.1 Å². The van der Waals surface area contributed by atoms with E-state index in [2.05, 4.69) is 4.72 Å². The maximum Gasteiger partial charge on any atom is 0.240 e. The Morgan fingerprint density at radius 1 is 1.50 bits per heavy atom. The number of aryl methyl sites for hydroxylation is 1. The molecule has 0 heterocycles. The Kier molecular flexibility index (Phi) is 4.32. The Hall–Kier alpha value is -0.620. The van der Waals surface area contributed by atoms with Crippen molar-refractivity contribution < 1.29 is 13.5 Å². The molecule has 0 radical (unpaired) electrons. The number of aliphatic hydroxyl groups excluding tert-OH is 1. The van der Waals surface area contributed by atoms with E-state index >= 15 is 0 Å². The largest absolute Gasteiger partial charge is 0.392 e. The quantitative estimate of drug-likeness (QED) is 0.861. The Labute approximate surface area is 100 Å². The molecule has 0 fully saturated rings. The molecule has 90 valence electrons. The SMILES string of the molecule is Cc1ccc(Cl)cc1S(=O)(=O)NC[C@H](C)O. The first-order valence-electron chi connectivity index (χ1n) is 4.77.